The second-order valence-corrected chi connectivity index (χ2v) is 9.46. The molecule has 2 heterocycles. The minimum atomic E-state index is -0.0200. The third-order valence-corrected chi connectivity index (χ3v) is 6.98. The number of piperidine rings is 1. The lowest BCUT2D eigenvalue weighted by Crippen LogP contribution is -2.54. The van der Waals surface area contributed by atoms with Crippen molar-refractivity contribution in [2.24, 2.45) is 5.92 Å². The maximum atomic E-state index is 12.7. The van der Waals surface area contributed by atoms with E-state index in [0.29, 0.717) is 50.1 Å². The van der Waals surface area contributed by atoms with E-state index in [2.05, 4.69) is 34.5 Å². The normalized spacial score (nSPS) is 19.4. The molecule has 176 valence electrons. The molecule has 1 unspecified atom stereocenters. The molecule has 0 bridgehead atoms. The van der Waals surface area contributed by atoms with Crippen LogP contribution in [0, 0.1) is 5.92 Å². The number of nitrogens with one attached hydrogen (secondary N) is 1. The number of halogens is 1. The van der Waals surface area contributed by atoms with Gasteiger partial charge in [0.25, 0.3) is 0 Å². The van der Waals surface area contributed by atoms with E-state index in [1.54, 1.807) is 6.07 Å². The Balaban J connectivity index is 1.18. The number of likely N-dealkylation sites (tertiary alicyclic amines) is 1. The van der Waals surface area contributed by atoms with E-state index in [9.17, 15) is 9.59 Å². The van der Waals surface area contributed by atoms with Crippen LogP contribution < -0.4 is 5.32 Å². The molecule has 3 amide bonds. The molecule has 2 fully saturated rings. The number of hydrogen-bond acceptors (Lipinski definition) is 3. The Morgan fingerprint density at radius 3 is 2.36 bits per heavy atom. The maximum Gasteiger partial charge on any atom is 0.317 e. The van der Waals surface area contributed by atoms with Crippen LogP contribution in [0.2, 0.25) is 5.02 Å². The average Bonchev–Trinajstić information content (AvgIpc) is 2.85. The molecule has 2 aliphatic heterocycles. The largest absolute Gasteiger partial charge is 0.339 e. The van der Waals surface area contributed by atoms with Gasteiger partial charge in [-0.25, -0.2) is 4.79 Å². The summed E-state index contributed by atoms with van der Waals surface area (Å²) >= 11 is 6.19. The zero-order valence-electron chi connectivity index (χ0n) is 19.1. The quantitative estimate of drug-likeness (QED) is 0.704. The summed E-state index contributed by atoms with van der Waals surface area (Å²) in [4.78, 5) is 31.5. The van der Waals surface area contributed by atoms with Gasteiger partial charge in [-0.15, -0.1) is 0 Å². The van der Waals surface area contributed by atoms with Gasteiger partial charge < -0.3 is 15.1 Å². The first-order valence-corrected chi connectivity index (χ1v) is 12.3. The number of amides is 3. The van der Waals surface area contributed by atoms with Gasteiger partial charge in [-0.3, -0.25) is 9.69 Å². The van der Waals surface area contributed by atoms with Crippen LogP contribution in [0.25, 0.3) is 0 Å². The molecule has 0 aliphatic carbocycles. The third kappa shape index (κ3) is 6.71. The highest BCUT2D eigenvalue weighted by Gasteiger charge is 2.26. The lowest BCUT2D eigenvalue weighted by Gasteiger charge is -2.36. The number of benzene rings is 2. The number of hydrogen-bond donors (Lipinski definition) is 1. The highest BCUT2D eigenvalue weighted by atomic mass is 35.5. The van der Waals surface area contributed by atoms with Crippen molar-refractivity contribution in [3.8, 4) is 0 Å². The van der Waals surface area contributed by atoms with Gasteiger partial charge in [0, 0.05) is 50.8 Å². The maximum absolute atomic E-state index is 12.7. The second kappa shape index (κ2) is 11.5. The number of carbonyl (C=O) groups is 2. The predicted molar refractivity (Wildman–Crippen MR) is 131 cm³/mol. The summed E-state index contributed by atoms with van der Waals surface area (Å²) in [6.45, 7) is 6.04. The van der Waals surface area contributed by atoms with Gasteiger partial charge >= 0.3 is 6.03 Å². The molecule has 0 aromatic heterocycles. The summed E-state index contributed by atoms with van der Waals surface area (Å²) in [5.74, 6) is 0.536. The van der Waals surface area contributed by atoms with Crippen LogP contribution in [0.15, 0.2) is 54.6 Å². The van der Waals surface area contributed by atoms with Gasteiger partial charge in [-0.1, -0.05) is 60.1 Å². The number of nitrogens with zero attached hydrogens (tertiary/aromatic N) is 3. The standard InChI is InChI=1S/C26H33ClN4O2/c27-24-11-5-4-10-23(24)17-25(32)30-13-15-31(16-14-30)26(33)28-18-22-9-6-12-29(20-22)19-21-7-2-1-3-8-21/h1-5,7-8,10-11,22H,6,9,12-20H2,(H,28,33). The van der Waals surface area contributed by atoms with E-state index in [-0.39, 0.29) is 11.9 Å². The third-order valence-electron chi connectivity index (χ3n) is 6.61. The van der Waals surface area contributed by atoms with E-state index in [1.807, 2.05) is 34.1 Å². The van der Waals surface area contributed by atoms with Crippen molar-refractivity contribution < 1.29 is 9.59 Å². The van der Waals surface area contributed by atoms with Gasteiger partial charge in [0.1, 0.15) is 0 Å². The van der Waals surface area contributed by atoms with Gasteiger partial charge in [0.15, 0.2) is 0 Å². The highest BCUT2D eigenvalue weighted by molar-refractivity contribution is 6.31. The summed E-state index contributed by atoms with van der Waals surface area (Å²) in [6.07, 6.45) is 2.61. The molecule has 2 aromatic rings. The Hall–Kier alpha value is -2.57. The van der Waals surface area contributed by atoms with E-state index < -0.39 is 0 Å². The number of carbonyl (C=O) groups excluding carboxylic acids is 2. The molecule has 2 aromatic carbocycles. The summed E-state index contributed by atoms with van der Waals surface area (Å²) in [5.41, 5.74) is 2.18. The van der Waals surface area contributed by atoms with Crippen molar-refractivity contribution >= 4 is 23.5 Å². The molecule has 2 aliphatic rings. The second-order valence-electron chi connectivity index (χ2n) is 9.05. The van der Waals surface area contributed by atoms with Crippen molar-refractivity contribution in [2.75, 3.05) is 45.8 Å². The van der Waals surface area contributed by atoms with Crippen LogP contribution in [0.3, 0.4) is 0 Å². The van der Waals surface area contributed by atoms with E-state index in [0.717, 1.165) is 31.6 Å². The minimum absolute atomic E-state index is 0.0200. The molecule has 4 rings (SSSR count). The van der Waals surface area contributed by atoms with Crippen LogP contribution in [0.5, 0.6) is 0 Å². The average molecular weight is 469 g/mol. The van der Waals surface area contributed by atoms with E-state index in [1.165, 1.54) is 12.0 Å². The van der Waals surface area contributed by atoms with E-state index in [4.69, 9.17) is 11.6 Å². The molecular weight excluding hydrogens is 436 g/mol. The highest BCUT2D eigenvalue weighted by Crippen LogP contribution is 2.19. The summed E-state index contributed by atoms with van der Waals surface area (Å²) < 4.78 is 0. The zero-order chi connectivity index (χ0) is 23.0. The fraction of sp³-hybridized carbons (Fsp3) is 0.462. The topological polar surface area (TPSA) is 55.9 Å². The monoisotopic (exact) mass is 468 g/mol. The van der Waals surface area contributed by atoms with Crippen molar-refractivity contribution in [3.63, 3.8) is 0 Å². The SMILES string of the molecule is O=C(Cc1ccccc1Cl)N1CCN(C(=O)NCC2CCCN(Cc3ccccc3)C2)CC1. The van der Waals surface area contributed by atoms with Crippen molar-refractivity contribution in [3.05, 3.63) is 70.7 Å². The van der Waals surface area contributed by atoms with Crippen molar-refractivity contribution in [2.45, 2.75) is 25.8 Å². The Morgan fingerprint density at radius 2 is 1.61 bits per heavy atom. The van der Waals surface area contributed by atoms with Crippen molar-refractivity contribution in [1.29, 1.82) is 0 Å². The summed E-state index contributed by atoms with van der Waals surface area (Å²) in [7, 11) is 0. The van der Waals surface area contributed by atoms with Crippen LogP contribution >= 0.6 is 11.6 Å². The molecule has 1 atom stereocenters. The zero-order valence-corrected chi connectivity index (χ0v) is 19.8. The Morgan fingerprint density at radius 1 is 0.909 bits per heavy atom. The fourth-order valence-corrected chi connectivity index (χ4v) is 4.92. The van der Waals surface area contributed by atoms with Gasteiger partial charge in [-0.05, 0) is 42.5 Å². The molecular formula is C26H33ClN4O2. The molecule has 7 heteroatoms. The van der Waals surface area contributed by atoms with Crippen LogP contribution in [0.4, 0.5) is 4.79 Å². The summed E-state index contributed by atoms with van der Waals surface area (Å²) in [6, 6.07) is 18.0. The lowest BCUT2D eigenvalue weighted by atomic mass is 9.97. The Labute approximate surface area is 201 Å². The number of piperazine rings is 1. The Bertz CT molecular complexity index is 931. The molecule has 0 radical (unpaired) electrons. The molecule has 33 heavy (non-hydrogen) atoms. The van der Waals surface area contributed by atoms with E-state index >= 15 is 0 Å². The molecule has 6 nitrogen and oxygen atoms in total. The first-order valence-electron chi connectivity index (χ1n) is 11.9. The number of rotatable bonds is 6. The van der Waals surface area contributed by atoms with Crippen LogP contribution in [-0.2, 0) is 17.8 Å². The summed E-state index contributed by atoms with van der Waals surface area (Å²) in [5, 5.41) is 3.76. The lowest BCUT2D eigenvalue weighted by molar-refractivity contribution is -0.131. The fourth-order valence-electron chi connectivity index (χ4n) is 4.72. The Kier molecular flexibility index (Phi) is 8.24. The van der Waals surface area contributed by atoms with Gasteiger partial charge in [0.05, 0.1) is 6.42 Å². The minimum Gasteiger partial charge on any atom is -0.339 e. The predicted octanol–water partition coefficient (Wildman–Crippen LogP) is 3.65. The molecule has 0 saturated carbocycles. The first kappa shape index (κ1) is 23.6. The van der Waals surface area contributed by atoms with Gasteiger partial charge in [0.2, 0.25) is 5.91 Å². The van der Waals surface area contributed by atoms with Crippen molar-refractivity contribution in [1.82, 2.24) is 20.0 Å². The van der Waals surface area contributed by atoms with Gasteiger partial charge in [-0.2, -0.15) is 0 Å². The van der Waals surface area contributed by atoms with Crippen LogP contribution in [-0.4, -0.2) is 72.5 Å². The number of urea groups is 1. The smallest absolute Gasteiger partial charge is 0.317 e. The molecule has 2 saturated heterocycles. The van der Waals surface area contributed by atoms with Crippen LogP contribution in [0.1, 0.15) is 24.0 Å². The molecule has 0 spiro atoms. The molecule has 1 N–H and O–H groups in total. The first-order chi connectivity index (χ1) is 16.1.